The molecule has 0 unspecified atom stereocenters. The molecule has 31 heavy (non-hydrogen) atoms. The number of hydrogen-bond acceptors (Lipinski definition) is 7. The molecule has 0 aliphatic heterocycles. The van der Waals surface area contributed by atoms with Gasteiger partial charge in [0.2, 0.25) is 10.0 Å². The summed E-state index contributed by atoms with van der Waals surface area (Å²) in [5, 5.41) is 2.61. The minimum atomic E-state index is -3.65. The van der Waals surface area contributed by atoms with Gasteiger partial charge in [0.1, 0.15) is 5.01 Å². The normalized spacial score (nSPS) is 11.6. The summed E-state index contributed by atoms with van der Waals surface area (Å²) in [6, 6.07) is 8.15. The number of nitrogens with zero attached hydrogens (tertiary/aromatic N) is 3. The Morgan fingerprint density at radius 1 is 1.06 bits per heavy atom. The molecule has 0 aliphatic rings. The van der Waals surface area contributed by atoms with Gasteiger partial charge in [0, 0.05) is 36.3 Å². The number of pyridine rings is 1. The Kier molecular flexibility index (Phi) is 7.14. The van der Waals surface area contributed by atoms with E-state index in [1.54, 1.807) is 34.1 Å². The van der Waals surface area contributed by atoms with Crippen molar-refractivity contribution in [3.8, 4) is 22.1 Å². The Bertz CT molecular complexity index is 1210. The number of methoxy groups -OCH3 is 2. The predicted octanol–water partition coefficient (Wildman–Crippen LogP) is 3.07. The van der Waals surface area contributed by atoms with E-state index in [-0.39, 0.29) is 17.0 Å². The molecule has 0 saturated carbocycles. The van der Waals surface area contributed by atoms with E-state index in [4.69, 9.17) is 9.47 Å². The molecule has 2 heterocycles. The van der Waals surface area contributed by atoms with Crippen molar-refractivity contribution >= 4 is 21.4 Å². The van der Waals surface area contributed by atoms with Gasteiger partial charge >= 0.3 is 0 Å². The molecule has 0 radical (unpaired) electrons. The monoisotopic (exact) mass is 463 g/mol. The van der Waals surface area contributed by atoms with E-state index in [2.05, 4.69) is 4.98 Å². The maximum absolute atomic E-state index is 12.8. The first kappa shape index (κ1) is 23.0. The lowest BCUT2D eigenvalue weighted by Gasteiger charge is -2.18. The second kappa shape index (κ2) is 9.63. The summed E-state index contributed by atoms with van der Waals surface area (Å²) in [7, 11) is -0.510. The van der Waals surface area contributed by atoms with Crippen molar-refractivity contribution in [2.75, 3.05) is 27.3 Å². The molecule has 0 fully saturated rings. The summed E-state index contributed by atoms with van der Waals surface area (Å²) in [5.74, 6) is 1.23. The molecule has 0 amide bonds. The molecule has 3 aromatic rings. The number of rotatable bonds is 9. The van der Waals surface area contributed by atoms with Crippen molar-refractivity contribution in [2.45, 2.75) is 25.3 Å². The lowest BCUT2D eigenvalue weighted by Crippen LogP contribution is -2.32. The van der Waals surface area contributed by atoms with Gasteiger partial charge in [-0.05, 0) is 24.3 Å². The number of thiazole rings is 1. The number of benzene rings is 1. The maximum atomic E-state index is 12.8. The second-order valence-electron chi connectivity index (χ2n) is 6.63. The van der Waals surface area contributed by atoms with Crippen molar-refractivity contribution < 1.29 is 17.9 Å². The fraction of sp³-hybridized carbons (Fsp3) is 0.333. The fourth-order valence-electron chi connectivity index (χ4n) is 3.15. The van der Waals surface area contributed by atoms with Crippen molar-refractivity contribution in [3.63, 3.8) is 0 Å². The van der Waals surface area contributed by atoms with Crippen molar-refractivity contribution in [3.05, 3.63) is 58.0 Å². The van der Waals surface area contributed by atoms with Gasteiger partial charge in [-0.2, -0.15) is 4.31 Å². The Morgan fingerprint density at radius 2 is 1.77 bits per heavy atom. The van der Waals surface area contributed by atoms with Crippen LogP contribution in [-0.2, 0) is 16.6 Å². The lowest BCUT2D eigenvalue weighted by atomic mass is 10.2. The molecule has 0 N–H and O–H groups in total. The number of sulfonamides is 1. The SMILES string of the molecule is CCN(CC)S(=O)(=O)c1ccc(=O)n(Cc2csc(-c3ccc(OC)c(OC)c3)n2)c1. The van der Waals surface area contributed by atoms with Crippen LogP contribution in [0.1, 0.15) is 19.5 Å². The highest BCUT2D eigenvalue weighted by Crippen LogP contribution is 2.33. The summed E-state index contributed by atoms with van der Waals surface area (Å²) in [6.07, 6.45) is 1.38. The topological polar surface area (TPSA) is 90.7 Å². The van der Waals surface area contributed by atoms with Crippen LogP contribution in [-0.4, -0.2) is 49.6 Å². The van der Waals surface area contributed by atoms with E-state index < -0.39 is 10.0 Å². The number of hydrogen-bond donors (Lipinski definition) is 0. The maximum Gasteiger partial charge on any atom is 0.250 e. The minimum Gasteiger partial charge on any atom is -0.493 e. The van der Waals surface area contributed by atoms with Gasteiger partial charge in [0.05, 0.1) is 31.4 Å². The highest BCUT2D eigenvalue weighted by Gasteiger charge is 2.22. The molecule has 10 heteroatoms. The highest BCUT2D eigenvalue weighted by atomic mass is 32.2. The molecule has 8 nitrogen and oxygen atoms in total. The van der Waals surface area contributed by atoms with E-state index in [1.807, 2.05) is 17.5 Å². The third-order valence-corrected chi connectivity index (χ3v) is 7.79. The molecule has 0 aliphatic carbocycles. The zero-order valence-electron chi connectivity index (χ0n) is 17.9. The van der Waals surface area contributed by atoms with Gasteiger partial charge < -0.3 is 14.0 Å². The number of ether oxygens (including phenoxy) is 2. The van der Waals surface area contributed by atoms with Crippen molar-refractivity contribution in [1.82, 2.24) is 13.9 Å². The molecule has 3 rings (SSSR count). The highest BCUT2D eigenvalue weighted by molar-refractivity contribution is 7.89. The predicted molar refractivity (Wildman–Crippen MR) is 121 cm³/mol. The van der Waals surface area contributed by atoms with Crippen LogP contribution in [0.4, 0.5) is 0 Å². The summed E-state index contributed by atoms with van der Waals surface area (Å²) in [6.45, 7) is 4.45. The van der Waals surface area contributed by atoms with Crippen molar-refractivity contribution in [1.29, 1.82) is 0 Å². The fourth-order valence-corrected chi connectivity index (χ4v) is 5.44. The standard InChI is InChI=1S/C21H25N3O5S2/c1-5-24(6-2)31(26,27)17-8-10-20(25)23(13-17)12-16-14-30-21(22-16)15-7-9-18(28-3)19(11-15)29-4/h7-11,13-14H,5-6,12H2,1-4H3. The van der Waals surface area contributed by atoms with Gasteiger partial charge in [0.25, 0.3) is 5.56 Å². The zero-order chi connectivity index (χ0) is 22.6. The summed E-state index contributed by atoms with van der Waals surface area (Å²) in [5.41, 5.74) is 1.23. The quantitative estimate of drug-likeness (QED) is 0.484. The lowest BCUT2D eigenvalue weighted by molar-refractivity contribution is 0.355. The Hall–Kier alpha value is -2.69. The molecule has 2 aromatic heterocycles. The van der Waals surface area contributed by atoms with Gasteiger partial charge in [-0.25, -0.2) is 13.4 Å². The summed E-state index contributed by atoms with van der Waals surface area (Å²) in [4.78, 5) is 17.0. The average Bonchev–Trinajstić information content (AvgIpc) is 3.23. The molecule has 0 atom stereocenters. The van der Waals surface area contributed by atoms with Gasteiger partial charge in [-0.3, -0.25) is 4.79 Å². The van der Waals surface area contributed by atoms with Crippen LogP contribution < -0.4 is 15.0 Å². The minimum absolute atomic E-state index is 0.0890. The van der Waals surface area contributed by atoms with E-state index in [0.29, 0.717) is 30.3 Å². The molecular weight excluding hydrogens is 438 g/mol. The van der Waals surface area contributed by atoms with E-state index in [9.17, 15) is 13.2 Å². The smallest absolute Gasteiger partial charge is 0.250 e. The average molecular weight is 464 g/mol. The van der Waals surface area contributed by atoms with E-state index in [1.165, 1.54) is 38.5 Å². The molecule has 0 saturated heterocycles. The molecule has 0 bridgehead atoms. The van der Waals surface area contributed by atoms with Crippen LogP contribution >= 0.6 is 11.3 Å². The third kappa shape index (κ3) is 4.81. The molecule has 166 valence electrons. The van der Waals surface area contributed by atoms with E-state index in [0.717, 1.165) is 10.6 Å². The van der Waals surface area contributed by atoms with Crippen LogP contribution in [0.25, 0.3) is 10.6 Å². The van der Waals surface area contributed by atoms with Crippen LogP contribution in [0.15, 0.2) is 51.6 Å². The van der Waals surface area contributed by atoms with Gasteiger partial charge in [-0.15, -0.1) is 11.3 Å². The second-order valence-corrected chi connectivity index (χ2v) is 9.43. The number of aromatic nitrogens is 2. The van der Waals surface area contributed by atoms with Gasteiger partial charge in [0.15, 0.2) is 11.5 Å². The van der Waals surface area contributed by atoms with Gasteiger partial charge in [-0.1, -0.05) is 13.8 Å². The molecule has 0 spiro atoms. The Labute approximate surface area is 185 Å². The first-order valence-corrected chi connectivity index (χ1v) is 12.0. The van der Waals surface area contributed by atoms with Crippen LogP contribution in [0.2, 0.25) is 0 Å². The summed E-state index contributed by atoms with van der Waals surface area (Å²) >= 11 is 1.43. The van der Waals surface area contributed by atoms with E-state index >= 15 is 0 Å². The zero-order valence-corrected chi connectivity index (χ0v) is 19.5. The molecule has 1 aromatic carbocycles. The largest absolute Gasteiger partial charge is 0.493 e. The molecular formula is C21H25N3O5S2. The summed E-state index contributed by atoms with van der Waals surface area (Å²) < 4.78 is 38.9. The first-order chi connectivity index (χ1) is 14.8. The Morgan fingerprint density at radius 3 is 2.42 bits per heavy atom. The Balaban J connectivity index is 1.90. The van der Waals surface area contributed by atoms with Crippen LogP contribution in [0.3, 0.4) is 0 Å². The third-order valence-electron chi connectivity index (χ3n) is 4.81. The van der Waals surface area contributed by atoms with Crippen LogP contribution in [0, 0.1) is 0 Å². The first-order valence-electron chi connectivity index (χ1n) is 9.71. The van der Waals surface area contributed by atoms with Crippen molar-refractivity contribution in [2.24, 2.45) is 0 Å². The van der Waals surface area contributed by atoms with Crippen LogP contribution in [0.5, 0.6) is 11.5 Å².